The highest BCUT2D eigenvalue weighted by molar-refractivity contribution is 6.32. The van der Waals surface area contributed by atoms with E-state index < -0.39 is 6.04 Å². The van der Waals surface area contributed by atoms with Crippen LogP contribution < -0.4 is 15.8 Å². The SMILES string of the molecule is CCC(CNC(=O)[C@@H](N)Cc1ccccc1)Oc1ccccc1Cl.Cl. The molecule has 0 aliphatic heterocycles. The molecule has 0 heterocycles. The maximum atomic E-state index is 12.2. The van der Waals surface area contributed by atoms with Crippen molar-refractivity contribution in [1.29, 1.82) is 0 Å². The Morgan fingerprint density at radius 1 is 1.16 bits per heavy atom. The standard InChI is InChI=1S/C19H23ClN2O2.ClH/c1-2-15(24-18-11-7-6-10-16(18)20)13-22-19(23)17(21)12-14-8-4-3-5-9-14;/h3-11,15,17H,2,12-13,21H2,1H3,(H,22,23);1H/t15?,17-;/m0./s1. The number of ether oxygens (including phenoxy) is 1. The number of nitrogens with one attached hydrogen (secondary N) is 1. The predicted molar refractivity (Wildman–Crippen MR) is 105 cm³/mol. The summed E-state index contributed by atoms with van der Waals surface area (Å²) in [5.41, 5.74) is 7.02. The highest BCUT2D eigenvalue weighted by atomic mass is 35.5. The van der Waals surface area contributed by atoms with Crippen LogP contribution in [0.2, 0.25) is 5.02 Å². The minimum Gasteiger partial charge on any atom is -0.487 e. The van der Waals surface area contributed by atoms with Gasteiger partial charge in [-0.15, -0.1) is 12.4 Å². The molecular formula is C19H24Cl2N2O2. The minimum atomic E-state index is -0.579. The Morgan fingerprint density at radius 2 is 1.80 bits per heavy atom. The fourth-order valence-corrected chi connectivity index (χ4v) is 2.48. The number of hydrogen-bond donors (Lipinski definition) is 2. The molecule has 6 heteroatoms. The van der Waals surface area contributed by atoms with Crippen LogP contribution >= 0.6 is 24.0 Å². The van der Waals surface area contributed by atoms with E-state index in [1.807, 2.05) is 55.5 Å². The zero-order valence-corrected chi connectivity index (χ0v) is 15.7. The van der Waals surface area contributed by atoms with Crippen LogP contribution in [-0.4, -0.2) is 24.6 Å². The number of amides is 1. The van der Waals surface area contributed by atoms with Crippen LogP contribution in [0.4, 0.5) is 0 Å². The van der Waals surface area contributed by atoms with Crippen LogP contribution in [0.25, 0.3) is 0 Å². The zero-order chi connectivity index (χ0) is 17.4. The Kier molecular flexibility index (Phi) is 9.35. The van der Waals surface area contributed by atoms with E-state index in [1.165, 1.54) is 0 Å². The molecule has 3 N–H and O–H groups in total. The summed E-state index contributed by atoms with van der Waals surface area (Å²) in [6.07, 6.45) is 1.10. The van der Waals surface area contributed by atoms with Crippen molar-refractivity contribution < 1.29 is 9.53 Å². The first-order valence-electron chi connectivity index (χ1n) is 8.08. The molecule has 0 fully saturated rings. The molecular weight excluding hydrogens is 359 g/mol. The number of benzene rings is 2. The van der Waals surface area contributed by atoms with Gasteiger partial charge in [0.05, 0.1) is 17.6 Å². The van der Waals surface area contributed by atoms with Crippen LogP contribution in [0, 0.1) is 0 Å². The van der Waals surface area contributed by atoms with Crippen LogP contribution in [0.3, 0.4) is 0 Å². The Morgan fingerprint density at radius 3 is 2.44 bits per heavy atom. The number of hydrogen-bond acceptors (Lipinski definition) is 3. The second-order valence-electron chi connectivity index (χ2n) is 5.62. The summed E-state index contributed by atoms with van der Waals surface area (Å²) >= 11 is 6.10. The molecule has 1 amide bonds. The number of para-hydroxylation sites is 1. The van der Waals surface area contributed by atoms with E-state index in [9.17, 15) is 4.79 Å². The van der Waals surface area contributed by atoms with Gasteiger partial charge in [-0.1, -0.05) is 61.0 Å². The van der Waals surface area contributed by atoms with Gasteiger partial charge in [-0.3, -0.25) is 4.79 Å². The molecule has 0 aromatic heterocycles. The Bertz CT molecular complexity index is 653. The molecule has 0 aliphatic rings. The molecule has 25 heavy (non-hydrogen) atoms. The molecule has 0 radical (unpaired) electrons. The number of nitrogens with two attached hydrogens (primary N) is 1. The first-order chi connectivity index (χ1) is 11.6. The summed E-state index contributed by atoms with van der Waals surface area (Å²) in [5, 5.41) is 3.42. The Labute approximate surface area is 160 Å². The van der Waals surface area contributed by atoms with Gasteiger partial charge in [0, 0.05) is 0 Å². The lowest BCUT2D eigenvalue weighted by Gasteiger charge is -2.20. The maximum absolute atomic E-state index is 12.2. The van der Waals surface area contributed by atoms with E-state index in [-0.39, 0.29) is 24.4 Å². The molecule has 0 spiro atoms. The number of carbonyl (C=O) groups is 1. The third-order valence-corrected chi connectivity index (χ3v) is 4.04. The van der Waals surface area contributed by atoms with E-state index in [4.69, 9.17) is 22.1 Å². The van der Waals surface area contributed by atoms with Gasteiger partial charge in [0.25, 0.3) is 0 Å². The van der Waals surface area contributed by atoms with Crippen LogP contribution in [0.1, 0.15) is 18.9 Å². The topological polar surface area (TPSA) is 64.4 Å². The molecule has 4 nitrogen and oxygen atoms in total. The Hall–Kier alpha value is -1.75. The summed E-state index contributed by atoms with van der Waals surface area (Å²) in [6.45, 7) is 2.39. The highest BCUT2D eigenvalue weighted by Crippen LogP contribution is 2.24. The third kappa shape index (κ3) is 6.94. The number of rotatable bonds is 8. The molecule has 0 aliphatic carbocycles. The first-order valence-corrected chi connectivity index (χ1v) is 8.46. The molecule has 0 saturated carbocycles. The second-order valence-corrected chi connectivity index (χ2v) is 6.03. The van der Waals surface area contributed by atoms with Crippen LogP contribution in [-0.2, 0) is 11.2 Å². The number of carbonyl (C=O) groups excluding carboxylic acids is 1. The lowest BCUT2D eigenvalue weighted by molar-refractivity contribution is -0.122. The van der Waals surface area contributed by atoms with Gasteiger partial charge in [-0.05, 0) is 30.5 Å². The maximum Gasteiger partial charge on any atom is 0.237 e. The van der Waals surface area contributed by atoms with Crippen molar-refractivity contribution in [2.45, 2.75) is 31.9 Å². The van der Waals surface area contributed by atoms with Gasteiger partial charge in [-0.2, -0.15) is 0 Å². The lowest BCUT2D eigenvalue weighted by atomic mass is 10.1. The fourth-order valence-electron chi connectivity index (χ4n) is 2.30. The minimum absolute atomic E-state index is 0. The summed E-state index contributed by atoms with van der Waals surface area (Å²) in [6, 6.07) is 16.5. The van der Waals surface area contributed by atoms with Crippen LogP contribution in [0.15, 0.2) is 54.6 Å². The summed E-state index contributed by atoms with van der Waals surface area (Å²) < 4.78 is 5.86. The van der Waals surface area contributed by atoms with Gasteiger partial charge >= 0.3 is 0 Å². The lowest BCUT2D eigenvalue weighted by Crippen LogP contribution is -2.45. The van der Waals surface area contributed by atoms with Crippen molar-refractivity contribution >= 4 is 29.9 Å². The van der Waals surface area contributed by atoms with Crippen LogP contribution in [0.5, 0.6) is 5.75 Å². The van der Waals surface area contributed by atoms with Gasteiger partial charge in [-0.25, -0.2) is 0 Å². The third-order valence-electron chi connectivity index (χ3n) is 3.72. The summed E-state index contributed by atoms with van der Waals surface area (Å²) in [7, 11) is 0. The molecule has 136 valence electrons. The van der Waals surface area contributed by atoms with E-state index in [2.05, 4.69) is 5.32 Å². The second kappa shape index (κ2) is 11.0. The Balaban J connectivity index is 0.00000312. The normalized spacial score (nSPS) is 12.6. The predicted octanol–water partition coefficient (Wildman–Crippen LogP) is 3.61. The van der Waals surface area contributed by atoms with Crippen molar-refractivity contribution in [3.8, 4) is 5.75 Å². The van der Waals surface area contributed by atoms with Gasteiger partial charge in [0.1, 0.15) is 11.9 Å². The molecule has 2 aromatic rings. The summed E-state index contributed by atoms with van der Waals surface area (Å²) in [4.78, 5) is 12.2. The van der Waals surface area contributed by atoms with E-state index in [0.717, 1.165) is 12.0 Å². The molecule has 2 atom stereocenters. The number of halogens is 2. The molecule has 1 unspecified atom stereocenters. The summed E-state index contributed by atoms with van der Waals surface area (Å²) in [5.74, 6) is 0.439. The van der Waals surface area contributed by atoms with Gasteiger partial charge in [0.15, 0.2) is 0 Å². The molecule has 2 rings (SSSR count). The highest BCUT2D eigenvalue weighted by Gasteiger charge is 2.17. The molecule has 0 bridgehead atoms. The monoisotopic (exact) mass is 382 g/mol. The van der Waals surface area contributed by atoms with Crippen molar-refractivity contribution in [3.63, 3.8) is 0 Å². The fraction of sp³-hybridized carbons (Fsp3) is 0.316. The molecule has 0 saturated heterocycles. The van der Waals surface area contributed by atoms with Crippen molar-refractivity contribution in [2.24, 2.45) is 5.73 Å². The smallest absolute Gasteiger partial charge is 0.237 e. The van der Waals surface area contributed by atoms with Gasteiger partial charge in [0.2, 0.25) is 5.91 Å². The van der Waals surface area contributed by atoms with Gasteiger partial charge < -0.3 is 15.8 Å². The first kappa shape index (κ1) is 21.3. The van der Waals surface area contributed by atoms with Crippen molar-refractivity contribution in [3.05, 3.63) is 65.2 Å². The zero-order valence-electron chi connectivity index (χ0n) is 14.2. The quantitative estimate of drug-likeness (QED) is 0.732. The van der Waals surface area contributed by atoms with Crippen molar-refractivity contribution in [1.82, 2.24) is 5.32 Å². The van der Waals surface area contributed by atoms with E-state index in [1.54, 1.807) is 6.07 Å². The van der Waals surface area contributed by atoms with E-state index >= 15 is 0 Å². The average Bonchev–Trinajstić information content (AvgIpc) is 2.60. The molecule has 2 aromatic carbocycles. The average molecular weight is 383 g/mol. The largest absolute Gasteiger partial charge is 0.487 e. The van der Waals surface area contributed by atoms with E-state index in [0.29, 0.717) is 23.7 Å². The van der Waals surface area contributed by atoms with Crippen molar-refractivity contribution in [2.75, 3.05) is 6.54 Å².